The van der Waals surface area contributed by atoms with Crippen LogP contribution >= 0.6 is 0 Å². The van der Waals surface area contributed by atoms with Gasteiger partial charge in [0, 0.05) is 12.8 Å². The summed E-state index contributed by atoms with van der Waals surface area (Å²) in [7, 11) is 5.92. The smallest absolute Gasteiger partial charge is 0.160 e. The van der Waals surface area contributed by atoms with Gasteiger partial charge in [0.25, 0.3) is 0 Å². The third-order valence-electron chi connectivity index (χ3n) is 8.83. The van der Waals surface area contributed by atoms with Crippen molar-refractivity contribution in [2.75, 3.05) is 28.4 Å². The number of ketones is 2. The van der Waals surface area contributed by atoms with Crippen LogP contribution in [-0.4, -0.2) is 82.9 Å². The van der Waals surface area contributed by atoms with Crippen LogP contribution in [0.15, 0.2) is 72.8 Å². The molecular weight excluding hydrogens is 696 g/mol. The molecule has 0 saturated carbocycles. The SMILES string of the molecule is COc1cc(CCC(=O)CC(=O)CCc2ccc(O)c(OC)c2)ccc1O.COc1cc(CCC(O)CC(O)CCc2ccc(O)c(OC)c2)ccc1O. The Kier molecular flexibility index (Phi) is 17.4. The maximum Gasteiger partial charge on any atom is 0.160 e. The van der Waals surface area contributed by atoms with E-state index in [0.29, 0.717) is 67.9 Å². The van der Waals surface area contributed by atoms with Gasteiger partial charge in [-0.05, 0) is 116 Å². The van der Waals surface area contributed by atoms with E-state index < -0.39 is 12.2 Å². The minimum atomic E-state index is -0.617. The summed E-state index contributed by atoms with van der Waals surface area (Å²) in [5, 5.41) is 58.7. The van der Waals surface area contributed by atoms with Crippen molar-refractivity contribution >= 4 is 11.6 Å². The number of rotatable bonds is 20. The van der Waals surface area contributed by atoms with Crippen molar-refractivity contribution in [3.05, 3.63) is 95.1 Å². The summed E-state index contributed by atoms with van der Waals surface area (Å²) in [5.74, 6) is 1.58. The Morgan fingerprint density at radius 3 is 1.04 bits per heavy atom. The topological polar surface area (TPSA) is 192 Å². The fourth-order valence-corrected chi connectivity index (χ4v) is 5.69. The second kappa shape index (κ2) is 21.9. The molecule has 12 nitrogen and oxygen atoms in total. The van der Waals surface area contributed by atoms with Gasteiger partial charge in [0.1, 0.15) is 11.6 Å². The first-order valence-electron chi connectivity index (χ1n) is 17.7. The van der Waals surface area contributed by atoms with Gasteiger partial charge in [-0.2, -0.15) is 0 Å². The molecule has 292 valence electrons. The van der Waals surface area contributed by atoms with Crippen molar-refractivity contribution < 1.29 is 59.2 Å². The summed E-state index contributed by atoms with van der Waals surface area (Å²) < 4.78 is 20.2. The molecule has 0 fully saturated rings. The molecule has 6 N–H and O–H groups in total. The Morgan fingerprint density at radius 1 is 0.481 bits per heavy atom. The van der Waals surface area contributed by atoms with Crippen molar-refractivity contribution in [3.8, 4) is 46.0 Å². The van der Waals surface area contributed by atoms with E-state index in [2.05, 4.69) is 0 Å². The second-order valence-electron chi connectivity index (χ2n) is 12.9. The first kappa shape index (κ1) is 42.9. The first-order chi connectivity index (χ1) is 25.8. The highest BCUT2D eigenvalue weighted by molar-refractivity contribution is 5.99. The van der Waals surface area contributed by atoms with Gasteiger partial charge in [-0.15, -0.1) is 0 Å². The number of phenols is 4. The predicted molar refractivity (Wildman–Crippen MR) is 203 cm³/mol. The standard InChI is InChI=1S/C21H28O6.C21H24O6/c2*1-26-20-11-14(5-9-18(20)24)3-7-16(22)13-17(23)8-4-15-6-10-19(25)21(12-15)27-2/h5-6,9-12,16-17,22-25H,3-4,7-8,13H2,1-2H3;5-6,9-12,24-25H,3-4,7-8,13H2,1-2H3. The van der Waals surface area contributed by atoms with Crippen LogP contribution < -0.4 is 18.9 Å². The van der Waals surface area contributed by atoms with Gasteiger partial charge in [0.05, 0.1) is 47.1 Å². The van der Waals surface area contributed by atoms with E-state index in [1.165, 1.54) is 40.6 Å². The lowest BCUT2D eigenvalue weighted by molar-refractivity contribution is -0.126. The van der Waals surface area contributed by atoms with Gasteiger partial charge in [-0.25, -0.2) is 0 Å². The molecule has 4 aromatic carbocycles. The summed E-state index contributed by atoms with van der Waals surface area (Å²) in [6.07, 6.45) is 2.72. The van der Waals surface area contributed by atoms with Gasteiger partial charge in [0.2, 0.25) is 0 Å². The number of aromatic hydroxyl groups is 4. The number of carbonyl (C=O) groups excluding carboxylic acids is 2. The van der Waals surface area contributed by atoms with Crippen LogP contribution in [0.1, 0.15) is 60.8 Å². The first-order valence-corrected chi connectivity index (χ1v) is 17.7. The Hall–Kier alpha value is -5.46. The van der Waals surface area contributed by atoms with E-state index >= 15 is 0 Å². The lowest BCUT2D eigenvalue weighted by atomic mass is 9.99. The molecule has 54 heavy (non-hydrogen) atoms. The summed E-state index contributed by atoms with van der Waals surface area (Å²) in [6, 6.07) is 20.1. The van der Waals surface area contributed by atoms with E-state index in [1.54, 1.807) is 60.7 Å². The van der Waals surface area contributed by atoms with Crippen LogP contribution in [-0.2, 0) is 35.3 Å². The molecule has 0 spiro atoms. The molecule has 0 amide bonds. The fraction of sp³-hybridized carbons (Fsp3) is 0.381. The molecule has 0 aliphatic rings. The fourth-order valence-electron chi connectivity index (χ4n) is 5.69. The Morgan fingerprint density at radius 2 is 0.759 bits per heavy atom. The number of benzene rings is 4. The molecule has 4 rings (SSSR count). The molecule has 0 aliphatic carbocycles. The average Bonchev–Trinajstić information content (AvgIpc) is 3.16. The zero-order chi connectivity index (χ0) is 39.6. The zero-order valence-corrected chi connectivity index (χ0v) is 31.3. The zero-order valence-electron chi connectivity index (χ0n) is 31.3. The number of aliphatic hydroxyl groups excluding tert-OH is 2. The molecular formula is C42H52O12. The highest BCUT2D eigenvalue weighted by atomic mass is 16.5. The van der Waals surface area contributed by atoms with Gasteiger partial charge in [-0.3, -0.25) is 9.59 Å². The van der Waals surface area contributed by atoms with E-state index in [9.17, 15) is 40.2 Å². The molecule has 0 saturated heterocycles. The predicted octanol–water partition coefficient (Wildman–Crippen LogP) is 6.00. The van der Waals surface area contributed by atoms with Crippen molar-refractivity contribution in [2.24, 2.45) is 0 Å². The maximum atomic E-state index is 12.1. The third-order valence-corrected chi connectivity index (χ3v) is 8.83. The minimum Gasteiger partial charge on any atom is -0.504 e. The lowest BCUT2D eigenvalue weighted by Gasteiger charge is -2.16. The summed E-state index contributed by atoms with van der Waals surface area (Å²) in [6.45, 7) is 0. The molecule has 0 bridgehead atoms. The van der Waals surface area contributed by atoms with Crippen LogP contribution in [0, 0.1) is 0 Å². The van der Waals surface area contributed by atoms with Crippen molar-refractivity contribution in [1.29, 1.82) is 0 Å². The van der Waals surface area contributed by atoms with Crippen molar-refractivity contribution in [1.82, 2.24) is 0 Å². The molecule has 12 heteroatoms. The lowest BCUT2D eigenvalue weighted by Crippen LogP contribution is -2.19. The van der Waals surface area contributed by atoms with Gasteiger partial charge >= 0.3 is 0 Å². The third kappa shape index (κ3) is 14.2. The number of Topliss-reactive ketones (excluding diaryl/α,β-unsaturated/α-hetero) is 2. The highest BCUT2D eigenvalue weighted by Crippen LogP contribution is 2.30. The van der Waals surface area contributed by atoms with Gasteiger partial charge in [0.15, 0.2) is 46.0 Å². The molecule has 2 atom stereocenters. The van der Waals surface area contributed by atoms with Crippen LogP contribution in [0.5, 0.6) is 46.0 Å². The summed E-state index contributed by atoms with van der Waals surface area (Å²) >= 11 is 0. The molecule has 2 unspecified atom stereocenters. The number of ether oxygens (including phenoxy) is 4. The Bertz CT molecular complexity index is 1680. The number of hydrogen-bond acceptors (Lipinski definition) is 12. The normalized spacial score (nSPS) is 11.8. The number of hydrogen-bond donors (Lipinski definition) is 6. The largest absolute Gasteiger partial charge is 0.504 e. The average molecular weight is 749 g/mol. The number of carbonyl (C=O) groups is 2. The second-order valence-corrected chi connectivity index (χ2v) is 12.9. The van der Waals surface area contributed by atoms with E-state index in [-0.39, 0.29) is 53.8 Å². The molecule has 0 aliphatic heterocycles. The molecule has 4 aromatic rings. The van der Waals surface area contributed by atoms with Crippen LogP contribution in [0.25, 0.3) is 0 Å². The molecule has 0 heterocycles. The van der Waals surface area contributed by atoms with E-state index in [1.807, 2.05) is 0 Å². The van der Waals surface area contributed by atoms with E-state index in [4.69, 9.17) is 18.9 Å². The quantitative estimate of drug-likeness (QED) is 0.0579. The number of aryl methyl sites for hydroxylation is 4. The van der Waals surface area contributed by atoms with Crippen LogP contribution in [0.2, 0.25) is 0 Å². The highest BCUT2D eigenvalue weighted by Gasteiger charge is 2.15. The van der Waals surface area contributed by atoms with E-state index in [0.717, 1.165) is 22.3 Å². The number of methoxy groups -OCH3 is 4. The van der Waals surface area contributed by atoms with Crippen LogP contribution in [0.4, 0.5) is 0 Å². The summed E-state index contributed by atoms with van der Waals surface area (Å²) in [5.41, 5.74) is 3.63. The number of aliphatic hydroxyl groups is 2. The maximum absolute atomic E-state index is 12.1. The minimum absolute atomic E-state index is 0.0496. The Balaban J connectivity index is 0.000000290. The summed E-state index contributed by atoms with van der Waals surface area (Å²) in [4.78, 5) is 24.1. The van der Waals surface area contributed by atoms with Crippen molar-refractivity contribution in [3.63, 3.8) is 0 Å². The van der Waals surface area contributed by atoms with Gasteiger partial charge < -0.3 is 49.6 Å². The van der Waals surface area contributed by atoms with Crippen LogP contribution in [0.3, 0.4) is 0 Å². The van der Waals surface area contributed by atoms with Gasteiger partial charge in [-0.1, -0.05) is 24.3 Å². The number of phenolic OH excluding ortho intramolecular Hbond substituents is 4. The monoisotopic (exact) mass is 748 g/mol. The molecule has 0 radical (unpaired) electrons. The van der Waals surface area contributed by atoms with Crippen molar-refractivity contribution in [2.45, 2.75) is 76.4 Å². The Labute approximate surface area is 316 Å². The molecule has 0 aromatic heterocycles.